The van der Waals surface area contributed by atoms with E-state index in [1.807, 2.05) is 12.1 Å². The first-order chi connectivity index (χ1) is 10.8. The van der Waals surface area contributed by atoms with E-state index in [1.54, 1.807) is 18.6 Å². The number of aliphatic hydroxyl groups is 1. The van der Waals surface area contributed by atoms with Crippen molar-refractivity contribution >= 4 is 22.4 Å². The van der Waals surface area contributed by atoms with Gasteiger partial charge in [0.05, 0.1) is 18.8 Å². The molecule has 0 saturated carbocycles. The zero-order chi connectivity index (χ0) is 15.4. The quantitative estimate of drug-likeness (QED) is 0.872. The second-order valence-electron chi connectivity index (χ2n) is 5.22. The van der Waals surface area contributed by atoms with Gasteiger partial charge in [0.25, 0.3) is 5.91 Å². The number of amides is 1. The Balaban J connectivity index is 1.62. The molecule has 1 amide bonds. The van der Waals surface area contributed by atoms with Crippen LogP contribution in [0.15, 0.2) is 30.7 Å². The number of aromatic nitrogens is 2. The predicted molar refractivity (Wildman–Crippen MR) is 85.0 cm³/mol. The van der Waals surface area contributed by atoms with E-state index in [0.717, 1.165) is 30.1 Å². The van der Waals surface area contributed by atoms with Crippen molar-refractivity contribution in [2.75, 3.05) is 18.1 Å². The minimum atomic E-state index is -0.132. The van der Waals surface area contributed by atoms with Crippen molar-refractivity contribution in [1.82, 2.24) is 15.3 Å². The number of aliphatic hydroxyl groups excluding tert-OH is 1. The smallest absolute Gasteiger partial charge is 0.263 e. The lowest BCUT2D eigenvalue weighted by Gasteiger charge is -2.21. The number of hydrogen-bond donors (Lipinski definition) is 2. The van der Waals surface area contributed by atoms with E-state index in [-0.39, 0.29) is 18.6 Å². The van der Waals surface area contributed by atoms with E-state index in [0.29, 0.717) is 11.4 Å². The molecule has 0 spiro atoms. The van der Waals surface area contributed by atoms with Gasteiger partial charge in [-0.25, -0.2) is 4.98 Å². The van der Waals surface area contributed by atoms with Crippen molar-refractivity contribution < 1.29 is 9.90 Å². The maximum absolute atomic E-state index is 12.2. The molecule has 2 N–H and O–H groups in total. The van der Waals surface area contributed by atoms with E-state index in [2.05, 4.69) is 20.2 Å². The maximum atomic E-state index is 12.2. The number of thiazole rings is 1. The van der Waals surface area contributed by atoms with Crippen LogP contribution in [0.2, 0.25) is 0 Å². The highest BCUT2D eigenvalue weighted by molar-refractivity contribution is 7.17. The molecule has 7 heteroatoms. The van der Waals surface area contributed by atoms with Crippen LogP contribution in [0, 0.1) is 0 Å². The summed E-state index contributed by atoms with van der Waals surface area (Å²) in [6.45, 7) is 1.46. The summed E-state index contributed by atoms with van der Waals surface area (Å²) >= 11 is 1.37. The lowest BCUT2D eigenvalue weighted by atomic mass is 10.2. The third-order valence-electron chi connectivity index (χ3n) is 3.73. The lowest BCUT2D eigenvalue weighted by molar-refractivity contribution is 0.0954. The zero-order valence-corrected chi connectivity index (χ0v) is 12.9. The molecule has 22 heavy (non-hydrogen) atoms. The fourth-order valence-corrected chi connectivity index (χ4v) is 3.48. The van der Waals surface area contributed by atoms with Crippen molar-refractivity contribution in [1.29, 1.82) is 0 Å². The first kappa shape index (κ1) is 14.9. The molecule has 1 fully saturated rings. The summed E-state index contributed by atoms with van der Waals surface area (Å²) in [7, 11) is 0. The van der Waals surface area contributed by atoms with E-state index in [4.69, 9.17) is 0 Å². The third kappa shape index (κ3) is 3.26. The number of pyridine rings is 1. The number of carbonyl (C=O) groups excluding carboxylic acids is 1. The van der Waals surface area contributed by atoms with Crippen molar-refractivity contribution in [2.45, 2.75) is 25.4 Å². The molecule has 0 bridgehead atoms. The zero-order valence-electron chi connectivity index (χ0n) is 12.1. The topological polar surface area (TPSA) is 78.4 Å². The number of carbonyl (C=O) groups is 1. The summed E-state index contributed by atoms with van der Waals surface area (Å²) in [5.41, 5.74) is 0.959. The number of rotatable bonds is 5. The van der Waals surface area contributed by atoms with Gasteiger partial charge >= 0.3 is 0 Å². The summed E-state index contributed by atoms with van der Waals surface area (Å²) in [5, 5.41) is 13.1. The minimum Gasteiger partial charge on any atom is -0.394 e. The Morgan fingerprint density at radius 2 is 2.41 bits per heavy atom. The van der Waals surface area contributed by atoms with E-state index >= 15 is 0 Å². The van der Waals surface area contributed by atoms with E-state index in [9.17, 15) is 9.90 Å². The second-order valence-corrected chi connectivity index (χ2v) is 6.23. The molecule has 1 aliphatic heterocycles. The first-order valence-electron chi connectivity index (χ1n) is 7.28. The Kier molecular flexibility index (Phi) is 4.65. The van der Waals surface area contributed by atoms with Crippen LogP contribution < -0.4 is 10.2 Å². The molecular weight excluding hydrogens is 300 g/mol. The van der Waals surface area contributed by atoms with Crippen LogP contribution in [0.3, 0.4) is 0 Å². The Morgan fingerprint density at radius 3 is 3.18 bits per heavy atom. The molecule has 0 radical (unpaired) electrons. The number of anilines is 1. The van der Waals surface area contributed by atoms with Gasteiger partial charge in [0.2, 0.25) is 0 Å². The Bertz CT molecular complexity index is 631. The van der Waals surface area contributed by atoms with Gasteiger partial charge in [0.1, 0.15) is 4.88 Å². The summed E-state index contributed by atoms with van der Waals surface area (Å²) < 4.78 is 0. The van der Waals surface area contributed by atoms with Crippen LogP contribution in [-0.2, 0) is 6.54 Å². The van der Waals surface area contributed by atoms with Gasteiger partial charge in [-0.05, 0) is 24.5 Å². The van der Waals surface area contributed by atoms with E-state index < -0.39 is 0 Å². The van der Waals surface area contributed by atoms with Gasteiger partial charge < -0.3 is 15.3 Å². The lowest BCUT2D eigenvalue weighted by Crippen LogP contribution is -2.31. The second kappa shape index (κ2) is 6.85. The van der Waals surface area contributed by atoms with Crippen LogP contribution >= 0.6 is 11.3 Å². The van der Waals surface area contributed by atoms with Crippen molar-refractivity contribution in [3.05, 3.63) is 41.2 Å². The van der Waals surface area contributed by atoms with Crippen molar-refractivity contribution in [3.8, 4) is 0 Å². The Morgan fingerprint density at radius 1 is 1.50 bits per heavy atom. The first-order valence-corrected chi connectivity index (χ1v) is 8.10. The third-order valence-corrected chi connectivity index (χ3v) is 4.76. The molecular formula is C15H18N4O2S. The van der Waals surface area contributed by atoms with Crippen LogP contribution in [0.1, 0.15) is 28.1 Å². The highest BCUT2D eigenvalue weighted by Crippen LogP contribution is 2.29. The van der Waals surface area contributed by atoms with Gasteiger partial charge in [-0.3, -0.25) is 9.78 Å². The van der Waals surface area contributed by atoms with Crippen molar-refractivity contribution in [2.24, 2.45) is 0 Å². The molecule has 0 aliphatic carbocycles. The molecule has 1 saturated heterocycles. The highest BCUT2D eigenvalue weighted by Gasteiger charge is 2.26. The minimum absolute atomic E-state index is 0.123. The van der Waals surface area contributed by atoms with Crippen LogP contribution in [0.5, 0.6) is 0 Å². The van der Waals surface area contributed by atoms with E-state index in [1.165, 1.54) is 11.3 Å². The molecule has 2 aromatic rings. The average molecular weight is 318 g/mol. The van der Waals surface area contributed by atoms with Gasteiger partial charge in [0, 0.05) is 25.5 Å². The molecule has 3 rings (SSSR count). The van der Waals surface area contributed by atoms with Gasteiger partial charge in [-0.15, -0.1) is 0 Å². The predicted octanol–water partition coefficient (Wildman–Crippen LogP) is 1.43. The molecule has 0 aromatic carbocycles. The molecule has 6 nitrogen and oxygen atoms in total. The number of nitrogens with one attached hydrogen (secondary N) is 1. The van der Waals surface area contributed by atoms with Crippen LogP contribution in [-0.4, -0.2) is 40.2 Å². The monoisotopic (exact) mass is 318 g/mol. The summed E-state index contributed by atoms with van der Waals surface area (Å²) in [5.74, 6) is -0.132. The molecule has 1 unspecified atom stereocenters. The molecule has 116 valence electrons. The van der Waals surface area contributed by atoms with Gasteiger partial charge in [0.15, 0.2) is 5.13 Å². The SMILES string of the molecule is O=C(NCc1cccnc1)c1cnc(N2CCCC2CO)s1. The molecule has 1 atom stereocenters. The molecule has 3 heterocycles. The fraction of sp³-hybridized carbons (Fsp3) is 0.400. The Hall–Kier alpha value is -1.99. The van der Waals surface area contributed by atoms with Gasteiger partial charge in [-0.2, -0.15) is 0 Å². The number of nitrogens with zero attached hydrogens (tertiary/aromatic N) is 3. The average Bonchev–Trinajstić information content (AvgIpc) is 3.21. The standard InChI is InChI=1S/C15H18N4O2S/c20-10-12-4-2-6-19(12)15-18-9-13(22-15)14(21)17-8-11-3-1-5-16-7-11/h1,3,5,7,9,12,20H,2,4,6,8,10H2,(H,17,21). The molecule has 1 aliphatic rings. The summed E-state index contributed by atoms with van der Waals surface area (Å²) in [6, 6.07) is 3.88. The summed E-state index contributed by atoms with van der Waals surface area (Å²) in [6.07, 6.45) is 7.06. The summed E-state index contributed by atoms with van der Waals surface area (Å²) in [4.78, 5) is 23.2. The fourth-order valence-electron chi connectivity index (χ4n) is 2.55. The van der Waals surface area contributed by atoms with Crippen LogP contribution in [0.4, 0.5) is 5.13 Å². The van der Waals surface area contributed by atoms with Gasteiger partial charge in [-0.1, -0.05) is 17.4 Å². The molecule has 2 aromatic heterocycles. The van der Waals surface area contributed by atoms with Crippen LogP contribution in [0.25, 0.3) is 0 Å². The highest BCUT2D eigenvalue weighted by atomic mass is 32.1. The maximum Gasteiger partial charge on any atom is 0.263 e. The Labute approximate surface area is 132 Å². The largest absolute Gasteiger partial charge is 0.394 e. The normalized spacial score (nSPS) is 17.7. The van der Waals surface area contributed by atoms with Crippen molar-refractivity contribution in [3.63, 3.8) is 0 Å². The number of hydrogen-bond acceptors (Lipinski definition) is 6.